The van der Waals surface area contributed by atoms with Gasteiger partial charge in [0, 0.05) is 43.1 Å². The summed E-state index contributed by atoms with van der Waals surface area (Å²) in [6, 6.07) is 21.7. The van der Waals surface area contributed by atoms with Gasteiger partial charge in [-0.2, -0.15) is 5.26 Å². The molecule has 0 unspecified atom stereocenters. The van der Waals surface area contributed by atoms with Gasteiger partial charge in [-0.05, 0) is 36.2 Å². The molecule has 0 saturated heterocycles. The minimum atomic E-state index is -1.58. The van der Waals surface area contributed by atoms with Crippen LogP contribution in [0.1, 0.15) is 19.4 Å². The van der Waals surface area contributed by atoms with Gasteiger partial charge in [0.2, 0.25) is 5.69 Å². The maximum atomic E-state index is 9.97. The van der Waals surface area contributed by atoms with E-state index in [0.29, 0.717) is 33.6 Å². The van der Waals surface area contributed by atoms with Gasteiger partial charge in [-0.1, -0.05) is 30.3 Å². The number of hydrogen-bond acceptors (Lipinski definition) is 3. The first-order valence-electron chi connectivity index (χ1n) is 11.5. The van der Waals surface area contributed by atoms with E-state index in [1.165, 1.54) is 0 Å². The Balaban J connectivity index is 1.73. The number of aromatic nitrogens is 1. The molecule has 154 valence electrons. The molecule has 0 fully saturated rings. The molecular weight excluding hydrogens is 396 g/mol. The second-order valence-electron chi connectivity index (χ2n) is 8.06. The average molecular weight is 420 g/mol. The fourth-order valence-electron chi connectivity index (χ4n) is 4.68. The molecule has 4 nitrogen and oxygen atoms in total. The molecule has 0 bridgehead atoms. The quantitative estimate of drug-likeness (QED) is 0.337. The molecule has 32 heavy (non-hydrogen) atoms. The number of furan rings is 1. The second-order valence-corrected chi connectivity index (χ2v) is 8.06. The van der Waals surface area contributed by atoms with Gasteiger partial charge >= 0.3 is 0 Å². The van der Waals surface area contributed by atoms with E-state index in [1.807, 2.05) is 43.6 Å². The molecular formula is C28H21N2O2+. The van der Waals surface area contributed by atoms with Crippen molar-refractivity contribution < 1.29 is 16.5 Å². The number of hydrogen-bond donors (Lipinski definition) is 0. The van der Waals surface area contributed by atoms with E-state index in [0.717, 1.165) is 33.2 Å². The Kier molecular flexibility index (Phi) is 3.61. The first-order valence-corrected chi connectivity index (χ1v) is 10.5. The van der Waals surface area contributed by atoms with Crippen molar-refractivity contribution in [3.8, 4) is 34.2 Å². The van der Waals surface area contributed by atoms with E-state index >= 15 is 0 Å². The Bertz CT molecular complexity index is 1680. The van der Waals surface area contributed by atoms with Gasteiger partial charge in [0.05, 0.1) is 23.8 Å². The Morgan fingerprint density at radius 3 is 2.59 bits per heavy atom. The summed E-state index contributed by atoms with van der Waals surface area (Å²) in [6.07, 6.45) is 0.431. The third-order valence-corrected chi connectivity index (χ3v) is 6.21. The Morgan fingerprint density at radius 1 is 0.969 bits per heavy atom. The minimum Gasteiger partial charge on any atom is -0.492 e. The van der Waals surface area contributed by atoms with Gasteiger partial charge in [0.25, 0.3) is 0 Å². The van der Waals surface area contributed by atoms with Crippen LogP contribution in [0.3, 0.4) is 0 Å². The maximum absolute atomic E-state index is 9.97. The van der Waals surface area contributed by atoms with E-state index in [9.17, 15) is 5.26 Å². The Morgan fingerprint density at radius 2 is 1.78 bits per heavy atom. The first-order chi connectivity index (χ1) is 16.4. The second kappa shape index (κ2) is 6.96. The number of aryl methyl sites for hydroxylation is 2. The van der Waals surface area contributed by atoms with Crippen molar-refractivity contribution in [2.24, 2.45) is 7.05 Å². The summed E-state index contributed by atoms with van der Waals surface area (Å²) in [7, 11) is 2.01. The molecule has 0 amide bonds. The maximum Gasteiger partial charge on any atom is 0.216 e. The van der Waals surface area contributed by atoms with E-state index in [4.69, 9.17) is 11.9 Å². The zero-order chi connectivity index (χ0) is 23.6. The van der Waals surface area contributed by atoms with Crippen molar-refractivity contribution in [2.45, 2.75) is 13.3 Å². The van der Waals surface area contributed by atoms with Gasteiger partial charge in [-0.15, -0.1) is 0 Å². The molecule has 6 rings (SSSR count). The van der Waals surface area contributed by atoms with Gasteiger partial charge in [0.15, 0.2) is 6.20 Å². The van der Waals surface area contributed by atoms with Crippen LogP contribution in [0.4, 0.5) is 0 Å². The standard InChI is InChI=1S/C28H21N2O2/c1-17-9-11-20-21-12-10-19(16-29)25(22-7-5-6-18-13-15-31-26(18)22)28(21)32-27(20)24(17)23-8-3-4-14-30(23)2/h3-12,14H,13,15H2,1-2H3/q+1/i13D2. The van der Waals surface area contributed by atoms with Gasteiger partial charge in [-0.3, -0.25) is 0 Å². The van der Waals surface area contributed by atoms with Crippen LogP contribution in [-0.2, 0) is 13.4 Å². The number of para-hydroxylation sites is 1. The highest BCUT2D eigenvalue weighted by atomic mass is 16.5. The number of fused-ring (bicyclic) bond motifs is 4. The summed E-state index contributed by atoms with van der Waals surface area (Å²) in [5.74, 6) is 0.475. The summed E-state index contributed by atoms with van der Waals surface area (Å²) in [4.78, 5) is 0. The van der Waals surface area contributed by atoms with E-state index < -0.39 is 6.37 Å². The molecule has 2 aromatic heterocycles. The Hall–Kier alpha value is -4.10. The number of rotatable bonds is 2. The van der Waals surface area contributed by atoms with Gasteiger partial charge in [-0.25, -0.2) is 4.57 Å². The molecule has 1 aliphatic rings. The molecule has 0 radical (unpaired) electrons. The normalized spacial score (nSPS) is 15.2. The molecule has 5 aromatic rings. The lowest BCUT2D eigenvalue weighted by atomic mass is 9.94. The summed E-state index contributed by atoms with van der Waals surface area (Å²) in [6.45, 7) is 2.02. The molecule has 3 aromatic carbocycles. The molecule has 0 N–H and O–H groups in total. The monoisotopic (exact) mass is 419 g/mol. The van der Waals surface area contributed by atoms with Crippen LogP contribution in [0.25, 0.3) is 44.3 Å². The highest BCUT2D eigenvalue weighted by Gasteiger charge is 2.25. The average Bonchev–Trinajstić information content (AvgIpc) is 3.36. The third kappa shape index (κ3) is 2.58. The molecule has 0 spiro atoms. The van der Waals surface area contributed by atoms with Gasteiger partial charge < -0.3 is 9.15 Å². The lowest BCUT2D eigenvalue weighted by molar-refractivity contribution is -0.660. The van der Waals surface area contributed by atoms with Gasteiger partial charge in [0.1, 0.15) is 24.0 Å². The lowest BCUT2D eigenvalue weighted by Gasteiger charge is -2.10. The van der Waals surface area contributed by atoms with Crippen LogP contribution < -0.4 is 9.30 Å². The van der Waals surface area contributed by atoms with Crippen LogP contribution in [-0.4, -0.2) is 6.61 Å². The van der Waals surface area contributed by atoms with Crippen molar-refractivity contribution in [3.63, 3.8) is 0 Å². The number of benzene rings is 3. The third-order valence-electron chi connectivity index (χ3n) is 6.21. The van der Waals surface area contributed by atoms with Crippen LogP contribution in [0.2, 0.25) is 0 Å². The molecule has 3 heterocycles. The fourth-order valence-corrected chi connectivity index (χ4v) is 4.68. The molecule has 1 aliphatic heterocycles. The van der Waals surface area contributed by atoms with Crippen LogP contribution in [0.15, 0.2) is 71.3 Å². The van der Waals surface area contributed by atoms with Crippen molar-refractivity contribution in [3.05, 3.63) is 83.6 Å². The van der Waals surface area contributed by atoms with Crippen molar-refractivity contribution >= 4 is 21.9 Å². The summed E-state index contributed by atoms with van der Waals surface area (Å²) >= 11 is 0. The highest BCUT2D eigenvalue weighted by molar-refractivity contribution is 6.14. The number of nitriles is 1. The summed E-state index contributed by atoms with van der Waals surface area (Å²) in [5, 5.41) is 11.8. The fraction of sp³-hybridized carbons (Fsp3) is 0.143. The predicted octanol–water partition coefficient (Wildman–Crippen LogP) is 5.86. The SMILES string of the molecule is [2H]C1([2H])COc2c(-c3c(C#N)ccc4c3oc3c(-c5cccc[n+]5C)c(C)ccc34)cccc21. The molecule has 0 atom stereocenters. The molecule has 0 aliphatic carbocycles. The van der Waals surface area contributed by atoms with Crippen LogP contribution in [0.5, 0.6) is 5.75 Å². The van der Waals surface area contributed by atoms with Crippen molar-refractivity contribution in [1.82, 2.24) is 0 Å². The number of pyridine rings is 1. The first kappa shape index (κ1) is 16.6. The lowest BCUT2D eigenvalue weighted by Crippen LogP contribution is -2.30. The smallest absolute Gasteiger partial charge is 0.216 e. The topological polar surface area (TPSA) is 50.0 Å². The van der Waals surface area contributed by atoms with E-state index in [-0.39, 0.29) is 6.61 Å². The zero-order valence-electron chi connectivity index (χ0n) is 19.8. The molecule has 4 heteroatoms. The predicted molar refractivity (Wildman–Crippen MR) is 124 cm³/mol. The van der Waals surface area contributed by atoms with Crippen LogP contribution in [0, 0.1) is 18.3 Å². The van der Waals surface area contributed by atoms with E-state index in [1.54, 1.807) is 12.1 Å². The summed E-state index contributed by atoms with van der Waals surface area (Å²) in [5.41, 5.74) is 6.74. The molecule has 0 saturated carbocycles. The zero-order valence-corrected chi connectivity index (χ0v) is 17.8. The largest absolute Gasteiger partial charge is 0.492 e. The highest BCUT2D eigenvalue weighted by Crippen LogP contribution is 2.45. The van der Waals surface area contributed by atoms with E-state index in [2.05, 4.69) is 35.8 Å². The van der Waals surface area contributed by atoms with Crippen molar-refractivity contribution in [1.29, 1.82) is 5.26 Å². The number of nitrogens with zero attached hydrogens (tertiary/aromatic N) is 2. The Labute approximate surface area is 188 Å². The van der Waals surface area contributed by atoms with Crippen LogP contribution >= 0.6 is 0 Å². The van der Waals surface area contributed by atoms with Crippen molar-refractivity contribution in [2.75, 3.05) is 6.61 Å². The minimum absolute atomic E-state index is 0.0504. The number of ether oxygens (including phenoxy) is 1. The summed E-state index contributed by atoms with van der Waals surface area (Å²) < 4.78 is 31.1.